The topological polar surface area (TPSA) is 24.9 Å². The van der Waals surface area contributed by atoms with Crippen LogP contribution in [0, 0.1) is 0 Å². The van der Waals surface area contributed by atoms with Gasteiger partial charge in [0.1, 0.15) is 0 Å². The zero-order valence-electron chi connectivity index (χ0n) is 10.1. The minimum absolute atomic E-state index is 1.06. The molecule has 0 unspecified atom stereocenters. The van der Waals surface area contributed by atoms with Gasteiger partial charge >= 0.3 is 0 Å². The maximum Gasteiger partial charge on any atom is 0.0709 e. The van der Waals surface area contributed by atoms with E-state index in [4.69, 9.17) is 0 Å². The highest BCUT2D eigenvalue weighted by atomic mass is 14.7. The number of hydrogen-bond acceptors (Lipinski definition) is 2. The van der Waals surface area contributed by atoms with Gasteiger partial charge in [-0.1, -0.05) is 36.4 Å². The molecule has 0 radical (unpaired) electrons. The van der Waals surface area contributed by atoms with Crippen LogP contribution in [0.2, 0.25) is 0 Å². The Labute approximate surface area is 101 Å². The van der Waals surface area contributed by atoms with E-state index in [-0.39, 0.29) is 0 Å². The fraction of sp³-hybridized carbons (Fsp3) is 0.133. The number of nitrogens with one attached hydrogen (secondary N) is 1. The minimum Gasteiger partial charge on any atom is -0.323 e. The van der Waals surface area contributed by atoms with Gasteiger partial charge in [0.05, 0.1) is 11.0 Å². The molecular formula is C15H16N2. The van der Waals surface area contributed by atoms with Crippen molar-refractivity contribution in [2.24, 2.45) is 0 Å². The van der Waals surface area contributed by atoms with Crippen LogP contribution < -0.4 is 5.32 Å². The molecule has 0 saturated carbocycles. The normalized spacial score (nSPS) is 10.0. The van der Waals surface area contributed by atoms with E-state index in [9.17, 15) is 0 Å². The minimum atomic E-state index is 1.06. The molecule has 3 rings (SSSR count). The van der Waals surface area contributed by atoms with Crippen LogP contribution in [0.5, 0.6) is 0 Å². The Kier molecular flexibility index (Phi) is 3.68. The Morgan fingerprint density at radius 2 is 1.18 bits per heavy atom. The van der Waals surface area contributed by atoms with E-state index in [1.807, 2.05) is 50.5 Å². The van der Waals surface area contributed by atoms with E-state index in [1.54, 1.807) is 0 Å². The Balaban J connectivity index is 0.000000329. The van der Waals surface area contributed by atoms with Crippen LogP contribution in [-0.4, -0.2) is 19.1 Å². The molecule has 0 amide bonds. The fourth-order valence-electron chi connectivity index (χ4n) is 1.72. The first-order valence-corrected chi connectivity index (χ1v) is 5.68. The summed E-state index contributed by atoms with van der Waals surface area (Å²) in [6.07, 6.45) is 0. The molecule has 1 heterocycles. The molecule has 86 valence electrons. The number of pyridine rings is 1. The maximum absolute atomic E-state index is 4.58. The molecule has 2 nitrogen and oxygen atoms in total. The largest absolute Gasteiger partial charge is 0.323 e. The smallest absolute Gasteiger partial charge is 0.0709 e. The number of hydrogen-bond donors (Lipinski definition) is 1. The van der Waals surface area contributed by atoms with Crippen molar-refractivity contribution in [3.05, 3.63) is 54.6 Å². The molecule has 0 fully saturated rings. The van der Waals surface area contributed by atoms with Crippen molar-refractivity contribution in [3.63, 3.8) is 0 Å². The molecule has 0 aliphatic heterocycles. The quantitative estimate of drug-likeness (QED) is 0.593. The van der Waals surface area contributed by atoms with E-state index >= 15 is 0 Å². The summed E-state index contributed by atoms with van der Waals surface area (Å²) >= 11 is 0. The zero-order valence-corrected chi connectivity index (χ0v) is 10.1. The van der Waals surface area contributed by atoms with Gasteiger partial charge in [-0.3, -0.25) is 0 Å². The third-order valence-corrected chi connectivity index (χ3v) is 2.43. The van der Waals surface area contributed by atoms with Gasteiger partial charge in [0.2, 0.25) is 0 Å². The molecule has 1 aromatic heterocycles. The first kappa shape index (κ1) is 11.6. The van der Waals surface area contributed by atoms with E-state index in [0.29, 0.717) is 0 Å². The Hall–Kier alpha value is -1.93. The molecule has 2 aromatic carbocycles. The van der Waals surface area contributed by atoms with Gasteiger partial charge in [-0.15, -0.1) is 0 Å². The van der Waals surface area contributed by atoms with Crippen LogP contribution in [-0.2, 0) is 0 Å². The maximum atomic E-state index is 4.58. The third kappa shape index (κ3) is 2.60. The second-order valence-corrected chi connectivity index (χ2v) is 3.87. The highest BCUT2D eigenvalue weighted by Gasteiger charge is 1.96. The summed E-state index contributed by atoms with van der Waals surface area (Å²) in [6.45, 7) is 0. The van der Waals surface area contributed by atoms with Crippen LogP contribution >= 0.6 is 0 Å². The van der Waals surface area contributed by atoms with Gasteiger partial charge in [-0.05, 0) is 32.3 Å². The number of nitrogens with zero attached hydrogens (tertiary/aromatic N) is 1. The lowest BCUT2D eigenvalue weighted by Crippen LogP contribution is -1.89. The Bertz CT molecular complexity index is 512. The van der Waals surface area contributed by atoms with Crippen LogP contribution in [0.25, 0.3) is 21.8 Å². The summed E-state index contributed by atoms with van der Waals surface area (Å²) in [5.41, 5.74) is 2.12. The molecule has 17 heavy (non-hydrogen) atoms. The van der Waals surface area contributed by atoms with E-state index in [1.165, 1.54) is 10.8 Å². The van der Waals surface area contributed by atoms with Crippen molar-refractivity contribution in [3.8, 4) is 0 Å². The van der Waals surface area contributed by atoms with E-state index in [0.717, 1.165) is 11.0 Å². The van der Waals surface area contributed by atoms with Crippen molar-refractivity contribution in [1.82, 2.24) is 10.3 Å². The lowest BCUT2D eigenvalue weighted by molar-refractivity contribution is 1.02. The number of aromatic nitrogens is 1. The third-order valence-electron chi connectivity index (χ3n) is 2.43. The first-order valence-electron chi connectivity index (χ1n) is 5.68. The van der Waals surface area contributed by atoms with Crippen LogP contribution in [0.4, 0.5) is 0 Å². The van der Waals surface area contributed by atoms with Crippen molar-refractivity contribution in [2.45, 2.75) is 0 Å². The second kappa shape index (κ2) is 5.41. The summed E-state index contributed by atoms with van der Waals surface area (Å²) in [4.78, 5) is 4.58. The molecule has 0 saturated heterocycles. The molecular weight excluding hydrogens is 208 g/mol. The lowest BCUT2D eigenvalue weighted by atomic mass is 10.1. The molecule has 3 aromatic rings. The highest BCUT2D eigenvalue weighted by Crippen LogP contribution is 2.18. The van der Waals surface area contributed by atoms with Crippen molar-refractivity contribution in [1.29, 1.82) is 0 Å². The summed E-state index contributed by atoms with van der Waals surface area (Å²) < 4.78 is 0. The van der Waals surface area contributed by atoms with Gasteiger partial charge in [0, 0.05) is 10.8 Å². The number of rotatable bonds is 0. The van der Waals surface area contributed by atoms with Crippen LogP contribution in [0.15, 0.2) is 54.6 Å². The van der Waals surface area contributed by atoms with Gasteiger partial charge in [0.15, 0.2) is 0 Å². The summed E-state index contributed by atoms with van der Waals surface area (Å²) in [7, 11) is 3.75. The van der Waals surface area contributed by atoms with E-state index in [2.05, 4.69) is 28.5 Å². The lowest BCUT2D eigenvalue weighted by Gasteiger charge is -1.99. The average molecular weight is 224 g/mol. The fourth-order valence-corrected chi connectivity index (χ4v) is 1.72. The van der Waals surface area contributed by atoms with Crippen molar-refractivity contribution < 1.29 is 0 Å². The molecule has 2 heteroatoms. The highest BCUT2D eigenvalue weighted by molar-refractivity contribution is 5.92. The Morgan fingerprint density at radius 1 is 0.765 bits per heavy atom. The molecule has 0 aliphatic carbocycles. The van der Waals surface area contributed by atoms with E-state index < -0.39 is 0 Å². The summed E-state index contributed by atoms with van der Waals surface area (Å²) in [5, 5.41) is 5.15. The SMILES string of the molecule is CNC.c1ccc2nc3ccccc3cc2c1. The van der Waals surface area contributed by atoms with Gasteiger partial charge in [-0.25, -0.2) is 4.98 Å². The van der Waals surface area contributed by atoms with Crippen molar-refractivity contribution in [2.75, 3.05) is 14.1 Å². The summed E-state index contributed by atoms with van der Waals surface area (Å²) in [6, 6.07) is 18.6. The molecule has 1 N–H and O–H groups in total. The number of fused-ring (bicyclic) bond motifs is 2. The standard InChI is InChI=1S/C13H9N.C2H7N/c1-3-7-12-10(5-1)9-11-6-2-4-8-13(11)14-12;1-3-2/h1-9H;3H,1-2H3. The second-order valence-electron chi connectivity index (χ2n) is 3.87. The molecule has 0 spiro atoms. The molecule has 0 bridgehead atoms. The summed E-state index contributed by atoms with van der Waals surface area (Å²) in [5.74, 6) is 0. The average Bonchev–Trinajstić information content (AvgIpc) is 2.37. The van der Waals surface area contributed by atoms with Gasteiger partial charge in [-0.2, -0.15) is 0 Å². The van der Waals surface area contributed by atoms with Gasteiger partial charge < -0.3 is 5.32 Å². The number of para-hydroxylation sites is 2. The zero-order chi connectivity index (χ0) is 12.1. The Morgan fingerprint density at radius 3 is 1.65 bits per heavy atom. The molecule has 0 atom stereocenters. The predicted molar refractivity (Wildman–Crippen MR) is 74.2 cm³/mol. The molecule has 0 aliphatic rings. The van der Waals surface area contributed by atoms with Crippen molar-refractivity contribution >= 4 is 21.8 Å². The number of benzene rings is 2. The van der Waals surface area contributed by atoms with Crippen LogP contribution in [0.3, 0.4) is 0 Å². The monoisotopic (exact) mass is 224 g/mol. The first-order chi connectivity index (χ1) is 8.35. The van der Waals surface area contributed by atoms with Crippen LogP contribution in [0.1, 0.15) is 0 Å². The predicted octanol–water partition coefficient (Wildman–Crippen LogP) is 3.22. The van der Waals surface area contributed by atoms with Gasteiger partial charge in [0.25, 0.3) is 0 Å².